The Bertz CT molecular complexity index is 2530. The molecule has 0 saturated carbocycles. The van der Waals surface area contributed by atoms with Gasteiger partial charge in [-0.1, -0.05) is 84.9 Å². The van der Waals surface area contributed by atoms with Gasteiger partial charge < -0.3 is 19.0 Å². The second-order valence-electron chi connectivity index (χ2n) is 11.6. The van der Waals surface area contributed by atoms with Gasteiger partial charge in [-0.2, -0.15) is 0 Å². The molecule has 0 unspecified atom stereocenters. The maximum Gasteiger partial charge on any atom is 0.135 e. The number of benzene rings is 7. The van der Waals surface area contributed by atoms with Gasteiger partial charge in [0.15, 0.2) is 0 Å². The van der Waals surface area contributed by atoms with E-state index < -0.39 is 0 Å². The van der Waals surface area contributed by atoms with Crippen LogP contribution in [0.1, 0.15) is 0 Å². The minimum Gasteiger partial charge on any atom is -0.507 e. The number of nitrogens with zero attached hydrogens (tertiary/aromatic N) is 2. The number of hydrogen-bond acceptors (Lipinski definition) is 3. The normalized spacial score (nSPS) is 11.6. The van der Waals surface area contributed by atoms with Crippen LogP contribution in [0.25, 0.3) is 60.6 Å². The highest BCUT2D eigenvalue weighted by Crippen LogP contribution is 2.42. The smallest absolute Gasteiger partial charge is 0.135 e. The fourth-order valence-electron chi connectivity index (χ4n) is 6.76. The van der Waals surface area contributed by atoms with Crippen molar-refractivity contribution >= 4 is 60.8 Å². The Hall–Kier alpha value is -6.26. The Morgan fingerprint density at radius 1 is 0.457 bits per heavy atom. The number of aromatic hydroxyl groups is 1. The molecule has 0 aliphatic rings. The molecule has 0 amide bonds. The van der Waals surface area contributed by atoms with Gasteiger partial charge in [-0.05, 0) is 78.4 Å². The van der Waals surface area contributed by atoms with Gasteiger partial charge >= 0.3 is 0 Å². The summed E-state index contributed by atoms with van der Waals surface area (Å²) in [4.78, 5) is 2.25. The molecule has 0 aliphatic carbocycles. The van der Waals surface area contributed by atoms with E-state index in [1.165, 1.54) is 0 Å². The Morgan fingerprint density at radius 2 is 1.09 bits per heavy atom. The second kappa shape index (κ2) is 10.4. The van der Waals surface area contributed by atoms with Gasteiger partial charge in [0, 0.05) is 55.9 Å². The molecule has 218 valence electrons. The minimum absolute atomic E-state index is 0.248. The number of fused-ring (bicyclic) bond motifs is 6. The Kier molecular flexibility index (Phi) is 5.93. The number of rotatable bonds is 5. The fraction of sp³-hybridized carbons (Fsp3) is 0. The predicted molar refractivity (Wildman–Crippen MR) is 190 cm³/mol. The van der Waals surface area contributed by atoms with E-state index in [-0.39, 0.29) is 5.75 Å². The van der Waals surface area contributed by atoms with Crippen LogP contribution in [0.4, 0.5) is 17.1 Å². The highest BCUT2D eigenvalue weighted by Gasteiger charge is 2.18. The summed E-state index contributed by atoms with van der Waals surface area (Å²) in [6.07, 6.45) is 0. The van der Waals surface area contributed by atoms with E-state index in [2.05, 4.69) is 119 Å². The lowest BCUT2D eigenvalue weighted by atomic mass is 10.0. The Labute approximate surface area is 265 Å². The van der Waals surface area contributed by atoms with E-state index in [4.69, 9.17) is 4.42 Å². The molecule has 0 aliphatic heterocycles. The maximum absolute atomic E-state index is 11.4. The van der Waals surface area contributed by atoms with Gasteiger partial charge in [0.25, 0.3) is 0 Å². The third-order valence-corrected chi connectivity index (χ3v) is 8.87. The van der Waals surface area contributed by atoms with E-state index in [1.807, 2.05) is 54.6 Å². The standard InChI is InChI=1S/C42H28N2O2/c45-40-27-39-36(33-15-7-9-17-38(33)44(39)30-13-5-2-6-14-30)26-35(40)28-19-21-31(22-20-28)43(29-11-3-1-4-12-29)32-23-24-42-37(25-32)34-16-8-10-18-41(34)46-42/h1-27,45H. The lowest BCUT2D eigenvalue weighted by Crippen LogP contribution is -2.09. The highest BCUT2D eigenvalue weighted by atomic mass is 16.3. The molecule has 0 radical (unpaired) electrons. The first-order valence-electron chi connectivity index (χ1n) is 15.4. The van der Waals surface area contributed by atoms with Crippen LogP contribution in [-0.2, 0) is 0 Å². The minimum atomic E-state index is 0.248. The van der Waals surface area contributed by atoms with Crippen LogP contribution in [0, 0.1) is 0 Å². The van der Waals surface area contributed by atoms with Crippen LogP contribution in [-0.4, -0.2) is 9.67 Å². The van der Waals surface area contributed by atoms with Crippen LogP contribution in [0.5, 0.6) is 5.75 Å². The Morgan fingerprint density at radius 3 is 1.89 bits per heavy atom. The van der Waals surface area contributed by atoms with Crippen molar-refractivity contribution in [3.63, 3.8) is 0 Å². The van der Waals surface area contributed by atoms with Gasteiger partial charge in [-0.15, -0.1) is 0 Å². The summed E-state index contributed by atoms with van der Waals surface area (Å²) in [6, 6.07) is 56.1. The van der Waals surface area contributed by atoms with Crippen molar-refractivity contribution in [3.8, 4) is 22.6 Å². The molecule has 9 aromatic rings. The first-order valence-corrected chi connectivity index (χ1v) is 15.4. The van der Waals surface area contributed by atoms with Crippen LogP contribution in [0.3, 0.4) is 0 Å². The maximum atomic E-state index is 11.4. The average molecular weight is 593 g/mol. The molecule has 4 heteroatoms. The third-order valence-electron chi connectivity index (χ3n) is 8.87. The zero-order valence-corrected chi connectivity index (χ0v) is 24.8. The van der Waals surface area contributed by atoms with Crippen molar-refractivity contribution < 1.29 is 9.52 Å². The molecule has 0 bridgehead atoms. The highest BCUT2D eigenvalue weighted by molar-refractivity contribution is 6.11. The van der Waals surface area contributed by atoms with Gasteiger partial charge in [0.1, 0.15) is 16.9 Å². The first-order chi connectivity index (χ1) is 22.7. The second-order valence-corrected chi connectivity index (χ2v) is 11.6. The quantitative estimate of drug-likeness (QED) is 0.216. The van der Waals surface area contributed by atoms with Crippen molar-refractivity contribution in [1.29, 1.82) is 0 Å². The zero-order valence-electron chi connectivity index (χ0n) is 24.8. The van der Waals surface area contributed by atoms with Gasteiger partial charge in [0.05, 0.1) is 11.0 Å². The summed E-state index contributed by atoms with van der Waals surface area (Å²) < 4.78 is 8.33. The fourth-order valence-corrected chi connectivity index (χ4v) is 6.76. The van der Waals surface area contributed by atoms with Crippen molar-refractivity contribution in [2.75, 3.05) is 4.90 Å². The third kappa shape index (κ3) is 4.15. The van der Waals surface area contributed by atoms with E-state index in [0.29, 0.717) is 0 Å². The summed E-state index contributed by atoms with van der Waals surface area (Å²) in [5.74, 6) is 0.248. The lowest BCUT2D eigenvalue weighted by molar-refractivity contribution is 0.478. The van der Waals surface area contributed by atoms with Crippen LogP contribution in [0.2, 0.25) is 0 Å². The van der Waals surface area contributed by atoms with E-state index in [1.54, 1.807) is 0 Å². The number of furan rings is 1. The topological polar surface area (TPSA) is 41.5 Å². The van der Waals surface area contributed by atoms with Crippen molar-refractivity contribution in [3.05, 3.63) is 164 Å². The lowest BCUT2D eigenvalue weighted by Gasteiger charge is -2.25. The van der Waals surface area contributed by atoms with E-state index in [0.717, 1.165) is 77.6 Å². The van der Waals surface area contributed by atoms with Crippen LogP contribution >= 0.6 is 0 Å². The molecule has 2 heterocycles. The number of hydrogen-bond donors (Lipinski definition) is 1. The van der Waals surface area contributed by atoms with E-state index >= 15 is 0 Å². The molecule has 0 saturated heterocycles. The zero-order chi connectivity index (χ0) is 30.6. The number of phenolic OH excluding ortho intramolecular Hbond substituents is 1. The first kappa shape index (κ1) is 26.2. The van der Waals surface area contributed by atoms with Gasteiger partial charge in [0.2, 0.25) is 0 Å². The van der Waals surface area contributed by atoms with Crippen molar-refractivity contribution in [2.45, 2.75) is 0 Å². The number of phenols is 1. The van der Waals surface area contributed by atoms with Gasteiger partial charge in [-0.25, -0.2) is 0 Å². The average Bonchev–Trinajstić information content (AvgIpc) is 3.64. The summed E-state index contributed by atoms with van der Waals surface area (Å²) >= 11 is 0. The summed E-state index contributed by atoms with van der Waals surface area (Å²) in [6.45, 7) is 0. The van der Waals surface area contributed by atoms with Crippen LogP contribution < -0.4 is 4.90 Å². The predicted octanol–water partition coefficient (Wildman–Crippen LogP) is 11.5. The number of anilines is 3. The summed E-state index contributed by atoms with van der Waals surface area (Å²) in [5, 5.41) is 15.9. The van der Waals surface area contributed by atoms with Crippen molar-refractivity contribution in [1.82, 2.24) is 4.57 Å². The molecular weight excluding hydrogens is 564 g/mol. The Balaban J connectivity index is 1.17. The molecule has 46 heavy (non-hydrogen) atoms. The molecular formula is C42H28N2O2. The number of para-hydroxylation sites is 4. The van der Waals surface area contributed by atoms with E-state index in [9.17, 15) is 5.11 Å². The van der Waals surface area contributed by atoms with Crippen LogP contribution in [0.15, 0.2) is 168 Å². The molecule has 7 aromatic carbocycles. The molecule has 2 aromatic heterocycles. The largest absolute Gasteiger partial charge is 0.507 e. The monoisotopic (exact) mass is 592 g/mol. The molecule has 0 spiro atoms. The van der Waals surface area contributed by atoms with Crippen molar-refractivity contribution in [2.24, 2.45) is 0 Å². The molecule has 0 fully saturated rings. The SMILES string of the molecule is Oc1cc2c(cc1-c1ccc(N(c3ccccc3)c3ccc4oc5ccccc5c4c3)cc1)c1ccccc1n2-c1ccccc1. The summed E-state index contributed by atoms with van der Waals surface area (Å²) in [7, 11) is 0. The number of aromatic nitrogens is 1. The molecule has 0 atom stereocenters. The van der Waals surface area contributed by atoms with Gasteiger partial charge in [-0.3, -0.25) is 0 Å². The molecule has 4 nitrogen and oxygen atoms in total. The molecule has 9 rings (SSSR count). The molecule has 1 N–H and O–H groups in total. The summed E-state index contributed by atoms with van der Waals surface area (Å²) in [5.41, 5.74) is 9.75.